The van der Waals surface area contributed by atoms with Gasteiger partial charge >= 0.3 is 0 Å². The van der Waals surface area contributed by atoms with Crippen molar-refractivity contribution in [3.63, 3.8) is 0 Å². The van der Waals surface area contributed by atoms with Crippen LogP contribution >= 0.6 is 0 Å². The second-order valence-corrected chi connectivity index (χ2v) is 7.17. The SMILES string of the molecule is CCOCC(=O)N1CCC[C@@]2(CCC(=O)N(CCN(C)C)C2)C1. The number of rotatable bonds is 6. The summed E-state index contributed by atoms with van der Waals surface area (Å²) < 4.78 is 5.27. The Bertz CT molecular complexity index is 427. The Morgan fingerprint density at radius 2 is 2.09 bits per heavy atom. The third kappa shape index (κ3) is 4.91. The van der Waals surface area contributed by atoms with Crippen LogP contribution < -0.4 is 0 Å². The summed E-state index contributed by atoms with van der Waals surface area (Å²) in [6.07, 6.45) is 3.65. The Kier molecular flexibility index (Phi) is 6.41. The Morgan fingerprint density at radius 3 is 2.78 bits per heavy atom. The molecule has 0 aromatic rings. The van der Waals surface area contributed by atoms with Gasteiger partial charge in [-0.15, -0.1) is 0 Å². The summed E-state index contributed by atoms with van der Waals surface area (Å²) >= 11 is 0. The van der Waals surface area contributed by atoms with E-state index in [9.17, 15) is 9.59 Å². The maximum Gasteiger partial charge on any atom is 0.248 e. The molecule has 2 fully saturated rings. The number of hydrogen-bond acceptors (Lipinski definition) is 4. The van der Waals surface area contributed by atoms with Crippen molar-refractivity contribution in [3.05, 3.63) is 0 Å². The van der Waals surface area contributed by atoms with Crippen LogP contribution in [-0.2, 0) is 14.3 Å². The Labute approximate surface area is 139 Å². The minimum atomic E-state index is 0.0837. The summed E-state index contributed by atoms with van der Waals surface area (Å²) in [5.41, 5.74) is 0.0837. The van der Waals surface area contributed by atoms with Gasteiger partial charge in [-0.2, -0.15) is 0 Å². The molecular weight excluding hydrogens is 294 g/mol. The molecule has 2 aliphatic heterocycles. The van der Waals surface area contributed by atoms with E-state index in [4.69, 9.17) is 4.74 Å². The fourth-order valence-electron chi connectivity index (χ4n) is 3.66. The number of amides is 2. The number of ether oxygens (including phenoxy) is 1. The third-order valence-corrected chi connectivity index (χ3v) is 5.01. The first-order chi connectivity index (χ1) is 11.0. The highest BCUT2D eigenvalue weighted by molar-refractivity contribution is 5.78. The fourth-order valence-corrected chi connectivity index (χ4v) is 3.66. The van der Waals surface area contributed by atoms with Gasteiger partial charge in [0, 0.05) is 51.2 Å². The quantitative estimate of drug-likeness (QED) is 0.725. The van der Waals surface area contributed by atoms with Crippen molar-refractivity contribution in [3.8, 4) is 0 Å². The molecule has 0 N–H and O–H groups in total. The molecule has 2 saturated heterocycles. The Morgan fingerprint density at radius 1 is 1.30 bits per heavy atom. The minimum absolute atomic E-state index is 0.0837. The predicted octanol–water partition coefficient (Wildman–Crippen LogP) is 0.816. The maximum atomic E-state index is 12.3. The van der Waals surface area contributed by atoms with Gasteiger partial charge in [-0.05, 0) is 40.3 Å². The van der Waals surface area contributed by atoms with Crippen LogP contribution in [0.2, 0.25) is 0 Å². The van der Waals surface area contributed by atoms with Crippen molar-refractivity contribution < 1.29 is 14.3 Å². The van der Waals surface area contributed by atoms with Crippen LogP contribution in [0.15, 0.2) is 0 Å². The second-order valence-electron chi connectivity index (χ2n) is 7.17. The molecule has 2 amide bonds. The summed E-state index contributed by atoms with van der Waals surface area (Å²) in [6, 6.07) is 0. The average Bonchev–Trinajstić information content (AvgIpc) is 2.54. The fraction of sp³-hybridized carbons (Fsp3) is 0.882. The van der Waals surface area contributed by atoms with Crippen LogP contribution in [0.3, 0.4) is 0 Å². The van der Waals surface area contributed by atoms with E-state index < -0.39 is 0 Å². The lowest BCUT2D eigenvalue weighted by Gasteiger charge is -2.48. The molecule has 0 aromatic carbocycles. The van der Waals surface area contributed by atoms with Gasteiger partial charge in [0.15, 0.2) is 0 Å². The standard InChI is InChI=1S/C17H31N3O3/c1-4-23-12-16(22)19-9-5-7-17(13-19)8-6-15(21)20(14-17)11-10-18(2)3/h4-14H2,1-3H3/t17-/m1/s1. The number of nitrogens with zero attached hydrogens (tertiary/aromatic N) is 3. The molecule has 1 spiro atoms. The molecule has 0 unspecified atom stereocenters. The largest absolute Gasteiger partial charge is 0.372 e. The molecule has 6 heteroatoms. The number of carbonyl (C=O) groups is 2. The molecule has 0 radical (unpaired) electrons. The lowest BCUT2D eigenvalue weighted by Crippen LogP contribution is -2.56. The zero-order valence-corrected chi connectivity index (χ0v) is 14.8. The molecule has 132 valence electrons. The smallest absolute Gasteiger partial charge is 0.248 e. The van der Waals surface area contributed by atoms with Gasteiger partial charge in [0.25, 0.3) is 0 Å². The maximum absolute atomic E-state index is 12.3. The second kappa shape index (κ2) is 8.11. The van der Waals surface area contributed by atoms with Crippen LogP contribution in [0.4, 0.5) is 0 Å². The van der Waals surface area contributed by atoms with Crippen molar-refractivity contribution >= 4 is 11.8 Å². The summed E-state index contributed by atoms with van der Waals surface area (Å²) in [7, 11) is 4.05. The molecule has 6 nitrogen and oxygen atoms in total. The van der Waals surface area contributed by atoms with Gasteiger partial charge in [-0.3, -0.25) is 9.59 Å². The van der Waals surface area contributed by atoms with E-state index in [2.05, 4.69) is 4.90 Å². The predicted molar refractivity (Wildman–Crippen MR) is 89.1 cm³/mol. The first kappa shape index (κ1) is 18.2. The topological polar surface area (TPSA) is 53.1 Å². The van der Waals surface area contributed by atoms with Gasteiger partial charge in [0.1, 0.15) is 6.61 Å². The molecule has 0 aromatic heterocycles. The first-order valence-electron chi connectivity index (χ1n) is 8.74. The van der Waals surface area contributed by atoms with Crippen molar-refractivity contribution in [2.75, 3.05) is 60.0 Å². The van der Waals surface area contributed by atoms with E-state index in [1.165, 1.54) is 0 Å². The highest BCUT2D eigenvalue weighted by Gasteiger charge is 2.42. The molecule has 2 aliphatic rings. The third-order valence-electron chi connectivity index (χ3n) is 5.01. The molecule has 2 heterocycles. The Hall–Kier alpha value is -1.14. The van der Waals surface area contributed by atoms with E-state index in [1.807, 2.05) is 30.8 Å². The molecule has 0 aliphatic carbocycles. The highest BCUT2D eigenvalue weighted by atomic mass is 16.5. The number of piperidine rings is 2. The van der Waals surface area contributed by atoms with E-state index in [1.54, 1.807) is 0 Å². The molecule has 2 rings (SSSR count). The van der Waals surface area contributed by atoms with Crippen LogP contribution in [-0.4, -0.2) is 86.5 Å². The number of carbonyl (C=O) groups excluding carboxylic acids is 2. The van der Waals surface area contributed by atoms with E-state index >= 15 is 0 Å². The van der Waals surface area contributed by atoms with Crippen LogP contribution in [0.1, 0.15) is 32.6 Å². The van der Waals surface area contributed by atoms with Crippen molar-refractivity contribution in [1.82, 2.24) is 14.7 Å². The van der Waals surface area contributed by atoms with Crippen molar-refractivity contribution in [2.24, 2.45) is 5.41 Å². The minimum Gasteiger partial charge on any atom is -0.372 e. The molecule has 1 atom stereocenters. The molecule has 23 heavy (non-hydrogen) atoms. The molecule has 0 saturated carbocycles. The van der Waals surface area contributed by atoms with Crippen LogP contribution in [0.5, 0.6) is 0 Å². The van der Waals surface area contributed by atoms with Crippen LogP contribution in [0, 0.1) is 5.41 Å². The summed E-state index contributed by atoms with van der Waals surface area (Å²) in [5, 5.41) is 0. The van der Waals surface area contributed by atoms with Gasteiger partial charge in [0.2, 0.25) is 11.8 Å². The summed E-state index contributed by atoms with van der Waals surface area (Å²) in [5.74, 6) is 0.345. The zero-order chi connectivity index (χ0) is 16.9. The number of likely N-dealkylation sites (tertiary alicyclic amines) is 2. The van der Waals surface area contributed by atoms with Gasteiger partial charge in [0.05, 0.1) is 0 Å². The lowest BCUT2D eigenvalue weighted by atomic mass is 9.73. The van der Waals surface area contributed by atoms with Gasteiger partial charge < -0.3 is 19.4 Å². The lowest BCUT2D eigenvalue weighted by molar-refractivity contribution is -0.145. The number of hydrogen-bond donors (Lipinski definition) is 0. The van der Waals surface area contributed by atoms with E-state index in [0.29, 0.717) is 13.0 Å². The van der Waals surface area contributed by atoms with Crippen molar-refractivity contribution in [1.29, 1.82) is 0 Å². The molecule has 0 bridgehead atoms. The van der Waals surface area contributed by atoms with Crippen molar-refractivity contribution in [2.45, 2.75) is 32.6 Å². The average molecular weight is 325 g/mol. The highest BCUT2D eigenvalue weighted by Crippen LogP contribution is 2.38. The zero-order valence-electron chi connectivity index (χ0n) is 14.8. The van der Waals surface area contributed by atoms with Crippen LogP contribution in [0.25, 0.3) is 0 Å². The van der Waals surface area contributed by atoms with E-state index in [0.717, 1.165) is 52.0 Å². The monoisotopic (exact) mass is 325 g/mol. The van der Waals surface area contributed by atoms with E-state index in [-0.39, 0.29) is 23.8 Å². The normalized spacial score (nSPS) is 25.5. The summed E-state index contributed by atoms with van der Waals surface area (Å²) in [4.78, 5) is 30.5. The molecular formula is C17H31N3O3. The Balaban J connectivity index is 1.96. The van der Waals surface area contributed by atoms with Gasteiger partial charge in [-0.25, -0.2) is 0 Å². The first-order valence-corrected chi connectivity index (χ1v) is 8.74. The van der Waals surface area contributed by atoms with Gasteiger partial charge in [-0.1, -0.05) is 0 Å². The number of likely N-dealkylation sites (N-methyl/N-ethyl adjacent to an activating group) is 1. The summed E-state index contributed by atoms with van der Waals surface area (Å²) in [6.45, 7) is 6.69.